The summed E-state index contributed by atoms with van der Waals surface area (Å²) in [6, 6.07) is 4.45. The van der Waals surface area contributed by atoms with Gasteiger partial charge >= 0.3 is 0 Å². The average Bonchev–Trinajstić information content (AvgIpc) is 2.77. The summed E-state index contributed by atoms with van der Waals surface area (Å²) in [6.45, 7) is 0.01000. The molecule has 0 aliphatic carbocycles. The highest BCUT2D eigenvalue weighted by Crippen LogP contribution is 2.18. The first-order valence-electron chi connectivity index (χ1n) is 5.16. The standard InChI is InChI=1S/C11H12FN3O2S/c1-18(16,17)8-6-14-15(7-8)11-4-2-3-10(12)9(11)5-13/h2-4,6-7H,5,13H2,1H3. The lowest BCUT2D eigenvalue weighted by Gasteiger charge is -2.08. The van der Waals surface area contributed by atoms with E-state index in [0.717, 1.165) is 6.26 Å². The fourth-order valence-electron chi connectivity index (χ4n) is 1.59. The molecular formula is C11H12FN3O2S. The number of benzene rings is 1. The van der Waals surface area contributed by atoms with Gasteiger partial charge in [0.1, 0.15) is 10.7 Å². The summed E-state index contributed by atoms with van der Waals surface area (Å²) in [4.78, 5) is 0.0785. The van der Waals surface area contributed by atoms with Crippen molar-refractivity contribution in [1.29, 1.82) is 0 Å². The van der Waals surface area contributed by atoms with Crippen LogP contribution in [0.2, 0.25) is 0 Å². The second kappa shape index (κ2) is 4.51. The zero-order valence-electron chi connectivity index (χ0n) is 9.67. The molecule has 1 aromatic carbocycles. The highest BCUT2D eigenvalue weighted by Gasteiger charge is 2.13. The molecular weight excluding hydrogens is 257 g/mol. The third-order valence-electron chi connectivity index (χ3n) is 2.53. The van der Waals surface area contributed by atoms with Gasteiger partial charge in [-0.25, -0.2) is 17.5 Å². The maximum Gasteiger partial charge on any atom is 0.178 e. The van der Waals surface area contributed by atoms with Gasteiger partial charge in [0.15, 0.2) is 9.84 Å². The molecule has 0 spiro atoms. The number of sulfone groups is 1. The van der Waals surface area contributed by atoms with Crippen LogP contribution >= 0.6 is 0 Å². The number of nitrogens with two attached hydrogens (primary N) is 1. The van der Waals surface area contributed by atoms with Gasteiger partial charge in [0, 0.05) is 24.6 Å². The molecule has 0 aliphatic rings. The zero-order valence-corrected chi connectivity index (χ0v) is 10.5. The summed E-state index contributed by atoms with van der Waals surface area (Å²) >= 11 is 0. The molecule has 0 unspecified atom stereocenters. The third kappa shape index (κ3) is 2.27. The van der Waals surface area contributed by atoms with Gasteiger partial charge in [-0.15, -0.1) is 0 Å². The van der Waals surface area contributed by atoms with Crippen LogP contribution in [0.5, 0.6) is 0 Å². The molecule has 0 saturated carbocycles. The van der Waals surface area contributed by atoms with Crippen LogP contribution in [0.3, 0.4) is 0 Å². The van der Waals surface area contributed by atoms with Gasteiger partial charge in [-0.1, -0.05) is 6.07 Å². The first-order valence-corrected chi connectivity index (χ1v) is 7.05. The quantitative estimate of drug-likeness (QED) is 0.897. The van der Waals surface area contributed by atoms with Crippen molar-refractivity contribution in [2.45, 2.75) is 11.4 Å². The molecule has 18 heavy (non-hydrogen) atoms. The van der Waals surface area contributed by atoms with Crippen molar-refractivity contribution in [3.63, 3.8) is 0 Å². The van der Waals surface area contributed by atoms with Crippen molar-refractivity contribution < 1.29 is 12.8 Å². The largest absolute Gasteiger partial charge is 0.326 e. The molecule has 0 amide bonds. The third-order valence-corrected chi connectivity index (χ3v) is 3.60. The maximum absolute atomic E-state index is 13.5. The Kier molecular flexibility index (Phi) is 3.18. The van der Waals surface area contributed by atoms with Gasteiger partial charge in [0.05, 0.1) is 11.9 Å². The van der Waals surface area contributed by atoms with Crippen molar-refractivity contribution in [1.82, 2.24) is 9.78 Å². The van der Waals surface area contributed by atoms with E-state index in [1.54, 1.807) is 6.07 Å². The van der Waals surface area contributed by atoms with E-state index >= 15 is 0 Å². The molecule has 96 valence electrons. The Balaban J connectivity index is 2.57. The van der Waals surface area contributed by atoms with E-state index in [0.29, 0.717) is 11.3 Å². The van der Waals surface area contributed by atoms with Crippen LogP contribution in [0.25, 0.3) is 5.69 Å². The average molecular weight is 269 g/mol. The van der Waals surface area contributed by atoms with Gasteiger partial charge in [0.25, 0.3) is 0 Å². The molecule has 0 saturated heterocycles. The molecule has 0 radical (unpaired) electrons. The number of aromatic nitrogens is 2. The van der Waals surface area contributed by atoms with Crippen molar-refractivity contribution in [2.75, 3.05) is 6.26 Å². The van der Waals surface area contributed by atoms with Crippen molar-refractivity contribution in [3.05, 3.63) is 42.0 Å². The highest BCUT2D eigenvalue weighted by atomic mass is 32.2. The highest BCUT2D eigenvalue weighted by molar-refractivity contribution is 7.90. The maximum atomic E-state index is 13.5. The Morgan fingerprint density at radius 1 is 1.44 bits per heavy atom. The van der Waals surface area contributed by atoms with E-state index in [1.165, 1.54) is 29.2 Å². The molecule has 0 bridgehead atoms. The SMILES string of the molecule is CS(=O)(=O)c1cnn(-c2cccc(F)c2CN)c1. The molecule has 0 fully saturated rings. The number of halogens is 1. The number of hydrogen-bond donors (Lipinski definition) is 1. The van der Waals surface area contributed by atoms with Gasteiger partial charge < -0.3 is 5.73 Å². The number of hydrogen-bond acceptors (Lipinski definition) is 4. The molecule has 2 rings (SSSR count). The summed E-state index contributed by atoms with van der Waals surface area (Å²) < 4.78 is 37.5. The fourth-order valence-corrected chi connectivity index (χ4v) is 2.12. The lowest BCUT2D eigenvalue weighted by Crippen LogP contribution is -2.07. The fraction of sp³-hybridized carbons (Fsp3) is 0.182. The van der Waals surface area contributed by atoms with Gasteiger partial charge in [0.2, 0.25) is 0 Å². The van der Waals surface area contributed by atoms with E-state index in [-0.39, 0.29) is 11.4 Å². The van der Waals surface area contributed by atoms with Crippen LogP contribution in [0.15, 0.2) is 35.5 Å². The summed E-state index contributed by atoms with van der Waals surface area (Å²) in [5.41, 5.74) is 6.21. The predicted octanol–water partition coefficient (Wildman–Crippen LogP) is 0.874. The van der Waals surface area contributed by atoms with E-state index in [2.05, 4.69) is 5.10 Å². The Hall–Kier alpha value is -1.73. The van der Waals surface area contributed by atoms with Gasteiger partial charge in [-0.3, -0.25) is 0 Å². The normalized spacial score (nSPS) is 11.7. The number of rotatable bonds is 3. The molecule has 0 atom stereocenters. The Bertz CT molecular complexity index is 679. The molecule has 5 nitrogen and oxygen atoms in total. The van der Waals surface area contributed by atoms with E-state index in [4.69, 9.17) is 5.73 Å². The summed E-state index contributed by atoms with van der Waals surface area (Å²) in [6.07, 6.45) is 3.65. The topological polar surface area (TPSA) is 78.0 Å². The Labute approximate surface area is 104 Å². The molecule has 1 aromatic heterocycles. The summed E-state index contributed by atoms with van der Waals surface area (Å²) in [7, 11) is -3.33. The minimum atomic E-state index is -3.33. The van der Waals surface area contributed by atoms with Crippen LogP contribution in [0.1, 0.15) is 5.56 Å². The first kappa shape index (κ1) is 12.7. The van der Waals surface area contributed by atoms with E-state index < -0.39 is 15.7 Å². The predicted molar refractivity (Wildman–Crippen MR) is 64.5 cm³/mol. The minimum Gasteiger partial charge on any atom is -0.326 e. The van der Waals surface area contributed by atoms with Crippen LogP contribution < -0.4 is 5.73 Å². The zero-order chi connectivity index (χ0) is 13.3. The molecule has 2 N–H and O–H groups in total. The van der Waals surface area contributed by atoms with Gasteiger partial charge in [-0.2, -0.15) is 5.10 Å². The van der Waals surface area contributed by atoms with Crippen molar-refractivity contribution in [2.24, 2.45) is 5.73 Å². The lowest BCUT2D eigenvalue weighted by molar-refractivity contribution is 0.602. The van der Waals surface area contributed by atoms with Crippen molar-refractivity contribution in [3.8, 4) is 5.69 Å². The Morgan fingerprint density at radius 2 is 2.17 bits per heavy atom. The van der Waals surface area contributed by atoms with Crippen LogP contribution in [0, 0.1) is 5.82 Å². The molecule has 1 heterocycles. The smallest absolute Gasteiger partial charge is 0.178 e. The van der Waals surface area contributed by atoms with Crippen LogP contribution in [-0.4, -0.2) is 24.5 Å². The van der Waals surface area contributed by atoms with E-state index in [9.17, 15) is 12.8 Å². The van der Waals surface area contributed by atoms with E-state index in [1.807, 2.05) is 0 Å². The number of nitrogens with zero attached hydrogens (tertiary/aromatic N) is 2. The first-order chi connectivity index (χ1) is 8.43. The molecule has 7 heteroatoms. The second-order valence-corrected chi connectivity index (χ2v) is 5.85. The van der Waals surface area contributed by atoms with Crippen molar-refractivity contribution >= 4 is 9.84 Å². The monoisotopic (exact) mass is 269 g/mol. The second-order valence-electron chi connectivity index (χ2n) is 3.83. The Morgan fingerprint density at radius 3 is 2.72 bits per heavy atom. The van der Waals surface area contributed by atoms with Crippen LogP contribution in [-0.2, 0) is 16.4 Å². The summed E-state index contributed by atoms with van der Waals surface area (Å²) in [5.74, 6) is -0.439. The minimum absolute atomic E-state index is 0.01000. The molecule has 0 aliphatic heterocycles. The molecule has 2 aromatic rings. The van der Waals surface area contributed by atoms with Gasteiger partial charge in [-0.05, 0) is 12.1 Å². The lowest BCUT2D eigenvalue weighted by atomic mass is 10.1. The summed E-state index contributed by atoms with van der Waals surface area (Å²) in [5, 5.41) is 3.92. The van der Waals surface area contributed by atoms with Crippen LogP contribution in [0.4, 0.5) is 4.39 Å².